The third kappa shape index (κ3) is 4.04. The van der Waals surface area contributed by atoms with Crippen LogP contribution in [-0.2, 0) is 11.8 Å². The second-order valence-corrected chi connectivity index (χ2v) is 7.53. The highest BCUT2D eigenvalue weighted by molar-refractivity contribution is 8.00. The van der Waals surface area contributed by atoms with Gasteiger partial charge < -0.3 is 5.32 Å². The van der Waals surface area contributed by atoms with Gasteiger partial charge in [0.2, 0.25) is 5.91 Å². The zero-order chi connectivity index (χ0) is 18.5. The van der Waals surface area contributed by atoms with Gasteiger partial charge in [0, 0.05) is 7.05 Å². The summed E-state index contributed by atoms with van der Waals surface area (Å²) < 4.78 is 1.71. The zero-order valence-electron chi connectivity index (χ0n) is 15.2. The highest BCUT2D eigenvalue weighted by Crippen LogP contribution is 2.28. The molecule has 0 saturated carbocycles. The average Bonchev–Trinajstić information content (AvgIpc) is 3.04. The molecular weight excluding hydrogens is 346 g/mol. The molecule has 0 aliphatic carbocycles. The van der Waals surface area contributed by atoms with Crippen LogP contribution < -0.4 is 5.32 Å². The highest BCUT2D eigenvalue weighted by atomic mass is 32.2. The van der Waals surface area contributed by atoms with Crippen molar-refractivity contribution in [3.8, 4) is 0 Å². The van der Waals surface area contributed by atoms with Gasteiger partial charge in [0.1, 0.15) is 11.4 Å². The SMILES string of the molecule is CCCC(NC(=O)C(C)Sc1ncnc2c1cnn2C)c1ccccc1. The molecule has 0 spiro atoms. The van der Waals surface area contributed by atoms with Gasteiger partial charge in [0.05, 0.1) is 22.9 Å². The molecule has 26 heavy (non-hydrogen) atoms. The smallest absolute Gasteiger partial charge is 0.233 e. The molecule has 1 N–H and O–H groups in total. The summed E-state index contributed by atoms with van der Waals surface area (Å²) in [5, 5.41) is 8.78. The van der Waals surface area contributed by atoms with Crippen molar-refractivity contribution in [1.82, 2.24) is 25.1 Å². The molecule has 3 aromatic rings. The standard InChI is InChI=1S/C19H23N5OS/c1-4-8-16(14-9-6-5-7-10-14)23-18(25)13(2)26-19-15-11-22-24(3)17(15)20-12-21-19/h5-7,9-13,16H,4,8H2,1-3H3,(H,23,25). The molecule has 136 valence electrons. The van der Waals surface area contributed by atoms with Crippen molar-refractivity contribution in [2.75, 3.05) is 0 Å². The predicted octanol–water partition coefficient (Wildman–Crippen LogP) is 3.50. The Morgan fingerprint density at radius 2 is 2.04 bits per heavy atom. The van der Waals surface area contributed by atoms with E-state index in [1.807, 2.05) is 32.2 Å². The van der Waals surface area contributed by atoms with Gasteiger partial charge in [0.25, 0.3) is 0 Å². The number of fused-ring (bicyclic) bond motifs is 1. The molecule has 0 radical (unpaired) electrons. The van der Waals surface area contributed by atoms with Crippen molar-refractivity contribution in [2.45, 2.75) is 43.0 Å². The van der Waals surface area contributed by atoms with E-state index in [9.17, 15) is 4.79 Å². The fourth-order valence-electron chi connectivity index (χ4n) is 2.84. The summed E-state index contributed by atoms with van der Waals surface area (Å²) in [6.07, 6.45) is 5.17. The number of aromatic nitrogens is 4. The van der Waals surface area contributed by atoms with Crippen molar-refractivity contribution in [3.05, 3.63) is 48.4 Å². The molecular formula is C19H23N5OS. The molecule has 6 nitrogen and oxygen atoms in total. The molecule has 0 aliphatic heterocycles. The van der Waals surface area contributed by atoms with E-state index in [0.717, 1.165) is 34.5 Å². The van der Waals surface area contributed by atoms with Crippen LogP contribution in [0, 0.1) is 0 Å². The molecule has 7 heteroatoms. The van der Waals surface area contributed by atoms with Crippen molar-refractivity contribution >= 4 is 28.7 Å². The number of carbonyl (C=O) groups excluding carboxylic acids is 1. The lowest BCUT2D eigenvalue weighted by atomic mass is 10.0. The second kappa shape index (κ2) is 8.31. The van der Waals surface area contributed by atoms with E-state index in [1.54, 1.807) is 10.9 Å². The Hall–Kier alpha value is -2.41. The minimum Gasteiger partial charge on any atom is -0.348 e. The summed E-state index contributed by atoms with van der Waals surface area (Å²) in [7, 11) is 1.84. The molecule has 0 aliphatic rings. The van der Waals surface area contributed by atoms with Crippen molar-refractivity contribution in [1.29, 1.82) is 0 Å². The van der Waals surface area contributed by atoms with Crippen molar-refractivity contribution < 1.29 is 4.79 Å². The lowest BCUT2D eigenvalue weighted by Crippen LogP contribution is -2.34. The summed E-state index contributed by atoms with van der Waals surface area (Å²) in [5.74, 6) is 0.00737. The van der Waals surface area contributed by atoms with Gasteiger partial charge in [-0.3, -0.25) is 9.48 Å². The zero-order valence-corrected chi connectivity index (χ0v) is 16.0. The van der Waals surface area contributed by atoms with E-state index in [4.69, 9.17) is 0 Å². The highest BCUT2D eigenvalue weighted by Gasteiger charge is 2.21. The Balaban J connectivity index is 1.72. The number of carbonyl (C=O) groups is 1. The summed E-state index contributed by atoms with van der Waals surface area (Å²) in [6.45, 7) is 4.03. The van der Waals surface area contributed by atoms with Gasteiger partial charge in [-0.1, -0.05) is 55.4 Å². The molecule has 1 aromatic carbocycles. The maximum Gasteiger partial charge on any atom is 0.233 e. The average molecular weight is 369 g/mol. The van der Waals surface area contributed by atoms with E-state index in [1.165, 1.54) is 18.1 Å². The van der Waals surface area contributed by atoms with E-state index < -0.39 is 0 Å². The number of nitrogens with zero attached hydrogens (tertiary/aromatic N) is 4. The lowest BCUT2D eigenvalue weighted by molar-refractivity contribution is -0.121. The number of aryl methyl sites for hydroxylation is 1. The maximum atomic E-state index is 12.8. The third-order valence-electron chi connectivity index (χ3n) is 4.25. The first kappa shape index (κ1) is 18.4. The van der Waals surface area contributed by atoms with Crippen molar-refractivity contribution in [2.24, 2.45) is 7.05 Å². The molecule has 0 saturated heterocycles. The Morgan fingerprint density at radius 3 is 2.77 bits per heavy atom. The van der Waals surface area contributed by atoms with Crippen LogP contribution in [-0.4, -0.2) is 30.9 Å². The van der Waals surface area contributed by atoms with Gasteiger partial charge in [0.15, 0.2) is 5.65 Å². The van der Waals surface area contributed by atoms with Crippen LogP contribution in [0.3, 0.4) is 0 Å². The Kier molecular flexibility index (Phi) is 5.88. The molecule has 0 bridgehead atoms. The number of nitrogens with one attached hydrogen (secondary N) is 1. The van der Waals surface area contributed by atoms with Gasteiger partial charge in [-0.25, -0.2) is 9.97 Å². The van der Waals surface area contributed by atoms with Crippen LogP contribution >= 0.6 is 11.8 Å². The Labute approximate surface area is 157 Å². The van der Waals surface area contributed by atoms with Crippen LogP contribution in [0.2, 0.25) is 0 Å². The summed E-state index contributed by atoms with van der Waals surface area (Å²) >= 11 is 1.43. The fraction of sp³-hybridized carbons (Fsp3) is 0.368. The minimum absolute atomic E-state index is 0.00737. The lowest BCUT2D eigenvalue weighted by Gasteiger charge is -2.21. The monoisotopic (exact) mass is 369 g/mol. The number of amides is 1. The number of thioether (sulfide) groups is 1. The van der Waals surface area contributed by atoms with E-state index in [2.05, 4.69) is 39.4 Å². The first-order valence-corrected chi connectivity index (χ1v) is 9.62. The summed E-state index contributed by atoms with van der Waals surface area (Å²) in [6, 6.07) is 10.1. The first-order valence-electron chi connectivity index (χ1n) is 8.74. The van der Waals surface area contributed by atoms with Crippen LogP contribution in [0.25, 0.3) is 11.0 Å². The Morgan fingerprint density at radius 1 is 1.27 bits per heavy atom. The van der Waals surface area contributed by atoms with Crippen LogP contribution in [0.5, 0.6) is 0 Å². The van der Waals surface area contributed by atoms with Gasteiger partial charge in [-0.05, 0) is 18.9 Å². The first-order chi connectivity index (χ1) is 12.6. The number of benzene rings is 1. The van der Waals surface area contributed by atoms with Gasteiger partial charge >= 0.3 is 0 Å². The van der Waals surface area contributed by atoms with Crippen LogP contribution in [0.1, 0.15) is 38.3 Å². The van der Waals surface area contributed by atoms with Crippen LogP contribution in [0.4, 0.5) is 0 Å². The summed E-state index contributed by atoms with van der Waals surface area (Å²) in [4.78, 5) is 21.3. The second-order valence-electron chi connectivity index (χ2n) is 6.20. The number of rotatable bonds is 7. The number of hydrogen-bond acceptors (Lipinski definition) is 5. The Bertz CT molecular complexity index is 880. The normalized spacial score (nSPS) is 13.5. The predicted molar refractivity (Wildman–Crippen MR) is 104 cm³/mol. The quantitative estimate of drug-likeness (QED) is 0.510. The number of hydrogen-bond donors (Lipinski definition) is 1. The maximum absolute atomic E-state index is 12.8. The molecule has 2 unspecified atom stereocenters. The molecule has 2 aromatic heterocycles. The largest absolute Gasteiger partial charge is 0.348 e. The molecule has 2 heterocycles. The van der Waals surface area contributed by atoms with E-state index in [-0.39, 0.29) is 17.2 Å². The van der Waals surface area contributed by atoms with Crippen LogP contribution in [0.15, 0.2) is 47.9 Å². The molecule has 1 amide bonds. The molecule has 2 atom stereocenters. The van der Waals surface area contributed by atoms with Gasteiger partial charge in [-0.2, -0.15) is 5.10 Å². The van der Waals surface area contributed by atoms with Gasteiger partial charge in [-0.15, -0.1) is 0 Å². The minimum atomic E-state index is -0.267. The van der Waals surface area contributed by atoms with E-state index >= 15 is 0 Å². The summed E-state index contributed by atoms with van der Waals surface area (Å²) in [5.41, 5.74) is 1.90. The van der Waals surface area contributed by atoms with Crippen molar-refractivity contribution in [3.63, 3.8) is 0 Å². The molecule has 3 rings (SSSR count). The van der Waals surface area contributed by atoms with E-state index in [0.29, 0.717) is 0 Å². The third-order valence-corrected chi connectivity index (χ3v) is 5.36. The molecule has 0 fully saturated rings. The fourth-order valence-corrected chi connectivity index (χ4v) is 3.73. The topological polar surface area (TPSA) is 72.7 Å².